The summed E-state index contributed by atoms with van der Waals surface area (Å²) in [5.41, 5.74) is 4.01. The minimum Gasteiger partial charge on any atom is -0.322 e. The normalized spacial score (nSPS) is 18.9. The van der Waals surface area contributed by atoms with Crippen LogP contribution < -0.4 is 10.9 Å². The van der Waals surface area contributed by atoms with Crippen molar-refractivity contribution >= 4 is 21.6 Å². The third kappa shape index (κ3) is 4.57. The van der Waals surface area contributed by atoms with Gasteiger partial charge in [0.2, 0.25) is 10.0 Å². The first-order valence-electron chi connectivity index (χ1n) is 12.7. The van der Waals surface area contributed by atoms with E-state index in [1.165, 1.54) is 16.4 Å². The highest BCUT2D eigenvalue weighted by molar-refractivity contribution is 7.89. The molecule has 1 N–H and O–H groups in total. The summed E-state index contributed by atoms with van der Waals surface area (Å²) in [7, 11) is -3.71. The molecular formula is C30H27N3O4S. The van der Waals surface area contributed by atoms with Crippen molar-refractivity contribution in [3.8, 4) is 11.1 Å². The number of carbonyl (C=O) groups is 1. The average molecular weight is 526 g/mol. The number of fused-ring (bicyclic) bond motifs is 4. The fourth-order valence-electron chi connectivity index (χ4n) is 5.56. The van der Waals surface area contributed by atoms with Crippen molar-refractivity contribution in [3.63, 3.8) is 0 Å². The van der Waals surface area contributed by atoms with E-state index < -0.39 is 10.0 Å². The van der Waals surface area contributed by atoms with Crippen LogP contribution in [0.1, 0.15) is 28.4 Å². The summed E-state index contributed by atoms with van der Waals surface area (Å²) < 4.78 is 30.3. The third-order valence-corrected chi connectivity index (χ3v) is 9.30. The molecule has 1 amide bonds. The van der Waals surface area contributed by atoms with E-state index in [-0.39, 0.29) is 28.2 Å². The van der Waals surface area contributed by atoms with Crippen LogP contribution in [0.15, 0.2) is 107 Å². The third-order valence-electron chi connectivity index (χ3n) is 7.45. The summed E-state index contributed by atoms with van der Waals surface area (Å²) in [6.45, 7) is 1.27. The van der Waals surface area contributed by atoms with Crippen molar-refractivity contribution in [3.05, 3.63) is 119 Å². The van der Waals surface area contributed by atoms with E-state index in [2.05, 4.69) is 5.32 Å². The van der Waals surface area contributed by atoms with Gasteiger partial charge in [-0.2, -0.15) is 4.31 Å². The van der Waals surface area contributed by atoms with Crippen LogP contribution in [0.4, 0.5) is 5.69 Å². The van der Waals surface area contributed by atoms with Gasteiger partial charge in [-0.3, -0.25) is 9.59 Å². The molecule has 192 valence electrons. The summed E-state index contributed by atoms with van der Waals surface area (Å²) in [6, 6.07) is 28.8. The Hall–Kier alpha value is -4.01. The highest BCUT2D eigenvalue weighted by atomic mass is 32.2. The van der Waals surface area contributed by atoms with Crippen LogP contribution in [-0.4, -0.2) is 36.3 Å². The van der Waals surface area contributed by atoms with Gasteiger partial charge in [0.25, 0.3) is 11.5 Å². The van der Waals surface area contributed by atoms with E-state index in [0.29, 0.717) is 30.9 Å². The molecule has 0 saturated carbocycles. The van der Waals surface area contributed by atoms with Crippen molar-refractivity contribution in [1.82, 2.24) is 8.87 Å². The van der Waals surface area contributed by atoms with Gasteiger partial charge in [0.05, 0.1) is 4.90 Å². The average Bonchev–Trinajstić information content (AvgIpc) is 2.94. The van der Waals surface area contributed by atoms with Crippen molar-refractivity contribution < 1.29 is 13.2 Å². The summed E-state index contributed by atoms with van der Waals surface area (Å²) in [4.78, 5) is 25.2. The number of sulfonamides is 1. The molecule has 2 atom stereocenters. The molecule has 6 rings (SSSR count). The van der Waals surface area contributed by atoms with E-state index in [1.807, 2.05) is 48.5 Å². The largest absolute Gasteiger partial charge is 0.322 e. The molecule has 2 bridgehead atoms. The van der Waals surface area contributed by atoms with Crippen LogP contribution in [0.5, 0.6) is 0 Å². The van der Waals surface area contributed by atoms with E-state index in [0.717, 1.165) is 23.2 Å². The number of amides is 1. The quantitative estimate of drug-likeness (QED) is 0.413. The van der Waals surface area contributed by atoms with Crippen LogP contribution in [0.3, 0.4) is 0 Å². The maximum Gasteiger partial charge on any atom is 0.255 e. The number of piperidine rings is 1. The molecule has 0 radical (unpaired) electrons. The van der Waals surface area contributed by atoms with Crippen molar-refractivity contribution in [2.24, 2.45) is 5.92 Å². The fraction of sp³-hybridized carbons (Fsp3) is 0.200. The van der Waals surface area contributed by atoms with E-state index in [9.17, 15) is 18.0 Å². The molecule has 0 aliphatic carbocycles. The molecule has 1 aromatic heterocycles. The second kappa shape index (κ2) is 9.70. The lowest BCUT2D eigenvalue weighted by Crippen LogP contribution is -2.48. The topological polar surface area (TPSA) is 88.5 Å². The number of pyridine rings is 1. The molecular weight excluding hydrogens is 498 g/mol. The van der Waals surface area contributed by atoms with Crippen molar-refractivity contribution in [1.29, 1.82) is 0 Å². The fourth-order valence-corrected chi connectivity index (χ4v) is 7.12. The Bertz CT molecular complexity index is 1650. The lowest BCUT2D eigenvalue weighted by atomic mass is 9.84. The Morgan fingerprint density at radius 1 is 0.763 bits per heavy atom. The molecule has 0 spiro atoms. The molecule has 7 nitrogen and oxygen atoms in total. The van der Waals surface area contributed by atoms with Crippen LogP contribution >= 0.6 is 0 Å². The first-order valence-corrected chi connectivity index (χ1v) is 14.1. The van der Waals surface area contributed by atoms with Gasteiger partial charge in [0.1, 0.15) is 0 Å². The van der Waals surface area contributed by atoms with Crippen LogP contribution in [0, 0.1) is 5.92 Å². The number of hydrogen-bond acceptors (Lipinski definition) is 4. The molecule has 38 heavy (non-hydrogen) atoms. The Kier molecular flexibility index (Phi) is 6.21. The van der Waals surface area contributed by atoms with Crippen LogP contribution in [-0.2, 0) is 16.6 Å². The number of rotatable bonds is 5. The smallest absolute Gasteiger partial charge is 0.255 e. The van der Waals surface area contributed by atoms with Crippen LogP contribution in [0.25, 0.3) is 11.1 Å². The Morgan fingerprint density at radius 2 is 1.47 bits per heavy atom. The second-order valence-electron chi connectivity index (χ2n) is 9.94. The summed E-state index contributed by atoms with van der Waals surface area (Å²) in [5, 5.41) is 2.84. The first-order chi connectivity index (χ1) is 18.4. The Labute approximate surface area is 221 Å². The lowest BCUT2D eigenvalue weighted by Gasteiger charge is -2.42. The van der Waals surface area contributed by atoms with Crippen LogP contribution in [0.2, 0.25) is 0 Å². The standard InChI is InChI=1S/C30H27N3O4S/c34-29-8-4-7-28-25-17-21(19-33(28)29)18-32(20-25)38(36,37)27-15-13-26(14-16-27)31-30(35)24-11-9-23(10-12-24)22-5-2-1-3-6-22/h1-16,21,25H,17-20H2,(H,31,35)/t21-,25-/m0/s1. The SMILES string of the molecule is O=C(Nc1ccc(S(=O)(=O)N2C[C@@H]3C[C@@H](C2)c2cccc(=O)n2C3)cc1)c1ccc(-c2ccccc2)cc1. The van der Waals surface area contributed by atoms with Gasteiger partial charge in [-0.1, -0.05) is 48.5 Å². The highest BCUT2D eigenvalue weighted by Crippen LogP contribution is 2.37. The number of nitrogens with zero attached hydrogens (tertiary/aromatic N) is 2. The molecule has 1 saturated heterocycles. The Morgan fingerprint density at radius 3 is 2.21 bits per heavy atom. The number of aromatic nitrogens is 1. The molecule has 2 aliphatic rings. The predicted octanol–water partition coefficient (Wildman–Crippen LogP) is 4.58. The molecule has 3 aromatic carbocycles. The Balaban J connectivity index is 1.15. The number of benzene rings is 3. The van der Waals surface area contributed by atoms with Gasteiger partial charge in [-0.25, -0.2) is 8.42 Å². The van der Waals surface area contributed by atoms with Gasteiger partial charge >= 0.3 is 0 Å². The van der Waals surface area contributed by atoms with E-state index in [4.69, 9.17) is 0 Å². The molecule has 4 aromatic rings. The van der Waals surface area contributed by atoms with Gasteiger partial charge < -0.3 is 9.88 Å². The number of anilines is 1. The van der Waals surface area contributed by atoms with Gasteiger partial charge in [0, 0.05) is 48.6 Å². The van der Waals surface area contributed by atoms with E-state index in [1.54, 1.807) is 41.0 Å². The zero-order chi connectivity index (χ0) is 26.3. The number of carbonyl (C=O) groups excluding carboxylic acids is 1. The highest BCUT2D eigenvalue weighted by Gasteiger charge is 2.39. The predicted molar refractivity (Wildman–Crippen MR) is 147 cm³/mol. The zero-order valence-corrected chi connectivity index (χ0v) is 21.5. The maximum absolute atomic E-state index is 13.5. The molecule has 0 unspecified atom stereocenters. The van der Waals surface area contributed by atoms with Crippen molar-refractivity contribution in [2.75, 3.05) is 18.4 Å². The second-order valence-corrected chi connectivity index (χ2v) is 11.9. The number of hydrogen-bond donors (Lipinski definition) is 1. The first kappa shape index (κ1) is 24.3. The summed E-state index contributed by atoms with van der Waals surface area (Å²) in [5.74, 6) is -0.168. The zero-order valence-electron chi connectivity index (χ0n) is 20.7. The summed E-state index contributed by atoms with van der Waals surface area (Å²) >= 11 is 0. The number of nitrogens with one attached hydrogen (secondary N) is 1. The molecule has 3 heterocycles. The minimum absolute atomic E-state index is 0.00184. The molecule has 2 aliphatic heterocycles. The van der Waals surface area contributed by atoms with Gasteiger partial charge in [-0.05, 0) is 65.9 Å². The minimum atomic E-state index is -3.71. The molecule has 8 heteroatoms. The van der Waals surface area contributed by atoms with Gasteiger partial charge in [0.15, 0.2) is 0 Å². The maximum atomic E-state index is 13.5. The lowest BCUT2D eigenvalue weighted by molar-refractivity contribution is 0.102. The van der Waals surface area contributed by atoms with Gasteiger partial charge in [-0.15, -0.1) is 0 Å². The summed E-state index contributed by atoms with van der Waals surface area (Å²) in [6.07, 6.45) is 0.882. The van der Waals surface area contributed by atoms with E-state index >= 15 is 0 Å². The molecule has 1 fully saturated rings. The van der Waals surface area contributed by atoms with Crippen molar-refractivity contribution in [2.45, 2.75) is 23.8 Å². The monoisotopic (exact) mass is 525 g/mol.